The largest absolute Gasteiger partial charge is 0.350 e. The second kappa shape index (κ2) is 7.01. The van der Waals surface area contributed by atoms with Gasteiger partial charge in [0, 0.05) is 28.6 Å². The van der Waals surface area contributed by atoms with E-state index in [4.69, 9.17) is 5.73 Å². The third kappa shape index (κ3) is 4.40. The Bertz CT molecular complexity index is 625. The summed E-state index contributed by atoms with van der Waals surface area (Å²) < 4.78 is 0. The number of thiophene rings is 1. The van der Waals surface area contributed by atoms with E-state index in [9.17, 15) is 10.0 Å². The summed E-state index contributed by atoms with van der Waals surface area (Å²) in [6.07, 6.45) is 8.03. The molecule has 110 valence electrons. The van der Waals surface area contributed by atoms with Gasteiger partial charge in [-0.2, -0.15) is 5.06 Å². The van der Waals surface area contributed by atoms with E-state index in [0.717, 1.165) is 11.3 Å². The van der Waals surface area contributed by atoms with Gasteiger partial charge in [0.2, 0.25) is 0 Å². The van der Waals surface area contributed by atoms with Crippen LogP contribution in [0.4, 0.5) is 4.79 Å². The summed E-state index contributed by atoms with van der Waals surface area (Å²) >= 11 is 1.67. The van der Waals surface area contributed by atoms with E-state index in [0.29, 0.717) is 5.06 Å². The predicted octanol–water partition coefficient (Wildman–Crippen LogP) is 2.91. The summed E-state index contributed by atoms with van der Waals surface area (Å²) in [4.78, 5) is 17.1. The van der Waals surface area contributed by atoms with Crippen molar-refractivity contribution in [3.8, 4) is 0 Å². The fraction of sp³-hybridized carbons (Fsp3) is 0.200. The average Bonchev–Trinajstić information content (AvgIpc) is 2.92. The number of urea groups is 1. The molecule has 0 spiro atoms. The van der Waals surface area contributed by atoms with Gasteiger partial charge in [0.25, 0.3) is 0 Å². The van der Waals surface area contributed by atoms with Crippen molar-refractivity contribution in [3.05, 3.63) is 58.1 Å². The van der Waals surface area contributed by atoms with Gasteiger partial charge in [-0.1, -0.05) is 6.08 Å². The fourth-order valence-corrected chi connectivity index (χ4v) is 2.76. The fourth-order valence-electron chi connectivity index (χ4n) is 1.80. The Morgan fingerprint density at radius 1 is 1.43 bits per heavy atom. The Morgan fingerprint density at radius 2 is 2.14 bits per heavy atom. The van der Waals surface area contributed by atoms with Crippen molar-refractivity contribution in [2.45, 2.75) is 19.4 Å². The zero-order valence-electron chi connectivity index (χ0n) is 11.6. The molecule has 0 aliphatic heterocycles. The quantitative estimate of drug-likeness (QED) is 0.658. The Kier molecular flexibility index (Phi) is 5.08. The van der Waals surface area contributed by atoms with Crippen LogP contribution >= 0.6 is 11.3 Å². The number of aromatic nitrogens is 1. The van der Waals surface area contributed by atoms with E-state index in [-0.39, 0.29) is 0 Å². The third-order valence-electron chi connectivity index (χ3n) is 2.96. The van der Waals surface area contributed by atoms with Gasteiger partial charge in [0.1, 0.15) is 0 Å². The Balaban J connectivity index is 1.98. The molecule has 2 rings (SSSR count). The summed E-state index contributed by atoms with van der Waals surface area (Å²) in [6.45, 7) is 1.69. The maximum atomic E-state index is 10.8. The number of carbonyl (C=O) groups excluding carboxylic acids is 1. The molecule has 6 heteroatoms. The highest BCUT2D eigenvalue weighted by molar-refractivity contribution is 7.12. The van der Waals surface area contributed by atoms with Crippen LogP contribution in [0, 0.1) is 0 Å². The van der Waals surface area contributed by atoms with Gasteiger partial charge in [0.15, 0.2) is 0 Å². The number of primary amides is 1. The molecule has 0 aliphatic carbocycles. The number of hydrogen-bond donors (Lipinski definition) is 2. The molecule has 1 atom stereocenters. The smallest absolute Gasteiger partial charge is 0.339 e. The minimum Gasteiger partial charge on any atom is -0.350 e. The lowest BCUT2D eigenvalue weighted by molar-refractivity contribution is -0.0560. The standard InChI is InChI=1S/C15H17N3O2S/c1-11(18(20)15(16)19)2-3-13-4-5-14(21-13)10-12-6-8-17-9-7-12/h2-9,11,20H,10H2,1H3,(H2,16,19)/b3-2-/t11-/m1/s1. The van der Waals surface area contributed by atoms with E-state index >= 15 is 0 Å². The lowest BCUT2D eigenvalue weighted by Crippen LogP contribution is -2.38. The molecule has 3 N–H and O–H groups in total. The maximum absolute atomic E-state index is 10.8. The lowest BCUT2D eigenvalue weighted by Gasteiger charge is -2.16. The van der Waals surface area contributed by atoms with E-state index in [1.54, 1.807) is 36.7 Å². The number of carbonyl (C=O) groups is 1. The molecule has 2 amide bonds. The number of amides is 2. The first-order valence-corrected chi connectivity index (χ1v) is 7.31. The molecular weight excluding hydrogens is 286 g/mol. The molecular formula is C15H17N3O2S. The second-order valence-corrected chi connectivity index (χ2v) is 5.82. The van der Waals surface area contributed by atoms with Gasteiger partial charge in [-0.3, -0.25) is 10.2 Å². The zero-order valence-corrected chi connectivity index (χ0v) is 12.5. The van der Waals surface area contributed by atoms with Crippen molar-refractivity contribution < 1.29 is 10.0 Å². The molecule has 0 fully saturated rings. The molecule has 5 nitrogen and oxygen atoms in total. The molecule has 0 radical (unpaired) electrons. The number of nitrogens with zero attached hydrogens (tertiary/aromatic N) is 2. The highest BCUT2D eigenvalue weighted by Gasteiger charge is 2.11. The average molecular weight is 303 g/mol. The van der Waals surface area contributed by atoms with Crippen molar-refractivity contribution in [1.29, 1.82) is 0 Å². The van der Waals surface area contributed by atoms with Crippen LogP contribution in [0.2, 0.25) is 0 Å². The number of nitrogens with two attached hydrogens (primary N) is 1. The molecule has 0 saturated heterocycles. The van der Waals surface area contributed by atoms with Crippen LogP contribution in [-0.4, -0.2) is 27.3 Å². The summed E-state index contributed by atoms with van der Waals surface area (Å²) in [5, 5.41) is 9.88. The number of hydrogen-bond acceptors (Lipinski definition) is 4. The summed E-state index contributed by atoms with van der Waals surface area (Å²) in [5.74, 6) is 0. The highest BCUT2D eigenvalue weighted by Crippen LogP contribution is 2.21. The van der Waals surface area contributed by atoms with Gasteiger partial charge in [-0.25, -0.2) is 4.79 Å². The summed E-state index contributed by atoms with van der Waals surface area (Å²) in [6, 6.07) is 6.74. The molecule has 2 heterocycles. The molecule has 0 saturated carbocycles. The first kappa shape index (κ1) is 15.2. The Labute approximate surface area is 127 Å². The normalized spacial score (nSPS) is 12.5. The van der Waals surface area contributed by atoms with Crippen LogP contribution in [0.15, 0.2) is 42.7 Å². The monoisotopic (exact) mass is 303 g/mol. The van der Waals surface area contributed by atoms with Crippen LogP contribution in [0.25, 0.3) is 6.08 Å². The van der Waals surface area contributed by atoms with Crippen LogP contribution in [0.5, 0.6) is 0 Å². The molecule has 2 aromatic rings. The van der Waals surface area contributed by atoms with Gasteiger partial charge in [-0.05, 0) is 42.8 Å². The number of pyridine rings is 1. The van der Waals surface area contributed by atoms with Gasteiger partial charge in [0.05, 0.1) is 6.04 Å². The van der Waals surface area contributed by atoms with E-state index < -0.39 is 12.1 Å². The topological polar surface area (TPSA) is 79.4 Å². The number of rotatable bonds is 5. The zero-order chi connectivity index (χ0) is 15.2. The molecule has 0 unspecified atom stereocenters. The third-order valence-corrected chi connectivity index (χ3v) is 4.01. The molecule has 0 aromatic carbocycles. The number of hydroxylamine groups is 2. The predicted molar refractivity (Wildman–Crippen MR) is 83.1 cm³/mol. The lowest BCUT2D eigenvalue weighted by atomic mass is 10.2. The Morgan fingerprint density at radius 3 is 2.81 bits per heavy atom. The molecule has 0 aliphatic rings. The van der Waals surface area contributed by atoms with E-state index in [1.807, 2.05) is 24.3 Å². The van der Waals surface area contributed by atoms with Crippen LogP contribution < -0.4 is 5.73 Å². The maximum Gasteiger partial charge on any atom is 0.339 e. The van der Waals surface area contributed by atoms with Crippen LogP contribution in [0.1, 0.15) is 22.2 Å². The van der Waals surface area contributed by atoms with E-state index in [1.165, 1.54) is 10.4 Å². The highest BCUT2D eigenvalue weighted by atomic mass is 32.1. The Hall–Kier alpha value is -2.18. The molecule has 0 bridgehead atoms. The van der Waals surface area contributed by atoms with Crippen molar-refractivity contribution in [2.75, 3.05) is 0 Å². The minimum atomic E-state index is -0.864. The molecule has 2 aromatic heterocycles. The van der Waals surface area contributed by atoms with Crippen molar-refractivity contribution >= 4 is 23.4 Å². The van der Waals surface area contributed by atoms with Gasteiger partial charge < -0.3 is 5.73 Å². The minimum absolute atomic E-state index is 0.465. The van der Waals surface area contributed by atoms with Crippen LogP contribution in [0.3, 0.4) is 0 Å². The van der Waals surface area contributed by atoms with Gasteiger partial charge >= 0.3 is 6.03 Å². The van der Waals surface area contributed by atoms with E-state index in [2.05, 4.69) is 11.1 Å². The summed E-state index contributed by atoms with van der Waals surface area (Å²) in [5.41, 5.74) is 6.21. The van der Waals surface area contributed by atoms with Crippen LogP contribution in [-0.2, 0) is 6.42 Å². The van der Waals surface area contributed by atoms with Crippen molar-refractivity contribution in [1.82, 2.24) is 10.0 Å². The SMILES string of the molecule is C[C@H](/C=C\c1ccc(Cc2ccncc2)s1)N(O)C(N)=O. The first-order chi connectivity index (χ1) is 10.1. The first-order valence-electron chi connectivity index (χ1n) is 6.49. The van der Waals surface area contributed by atoms with Crippen molar-refractivity contribution in [2.24, 2.45) is 5.73 Å². The second-order valence-electron chi connectivity index (χ2n) is 4.62. The van der Waals surface area contributed by atoms with Crippen molar-refractivity contribution in [3.63, 3.8) is 0 Å². The van der Waals surface area contributed by atoms with Gasteiger partial charge in [-0.15, -0.1) is 11.3 Å². The summed E-state index contributed by atoms with van der Waals surface area (Å²) in [7, 11) is 0. The molecule has 21 heavy (non-hydrogen) atoms.